The normalized spacial score (nSPS) is 12.2. The van der Waals surface area contributed by atoms with E-state index in [1.54, 1.807) is 14.2 Å². The van der Waals surface area contributed by atoms with E-state index in [9.17, 15) is 0 Å². The van der Waals surface area contributed by atoms with E-state index in [-0.39, 0.29) is 6.79 Å². The molecule has 1 aromatic heterocycles. The van der Waals surface area contributed by atoms with Gasteiger partial charge in [-0.3, -0.25) is 0 Å². The van der Waals surface area contributed by atoms with E-state index in [0.717, 1.165) is 16.8 Å². The van der Waals surface area contributed by atoms with Crippen LogP contribution in [0.1, 0.15) is 0 Å². The summed E-state index contributed by atoms with van der Waals surface area (Å²) in [5.74, 6) is 3.31. The second-order valence-corrected chi connectivity index (χ2v) is 5.11. The largest absolute Gasteiger partial charge is 0.493 e. The number of ether oxygens (including phenoxy) is 4. The van der Waals surface area contributed by atoms with Crippen LogP contribution in [-0.2, 0) is 0 Å². The average Bonchev–Trinajstić information content (AvgIpc) is 3.08. The minimum absolute atomic E-state index is 0.242. The van der Waals surface area contributed by atoms with Crippen LogP contribution < -0.4 is 24.3 Å². The van der Waals surface area contributed by atoms with Gasteiger partial charge in [-0.2, -0.15) is 0 Å². The molecular weight excluding hydrogens is 310 g/mol. The van der Waals surface area contributed by atoms with Gasteiger partial charge in [-0.15, -0.1) is 0 Å². The Labute approximate surface area is 138 Å². The fourth-order valence-electron chi connectivity index (χ4n) is 2.65. The summed E-state index contributed by atoms with van der Waals surface area (Å²) >= 11 is 0. The van der Waals surface area contributed by atoms with Crippen molar-refractivity contribution in [2.45, 2.75) is 0 Å². The third-order valence-corrected chi connectivity index (χ3v) is 3.78. The van der Waals surface area contributed by atoms with E-state index >= 15 is 0 Å². The summed E-state index contributed by atoms with van der Waals surface area (Å²) in [7, 11) is 3.18. The molecule has 3 aromatic rings. The number of nitrogens with zero attached hydrogens (tertiary/aromatic N) is 2. The smallest absolute Gasteiger partial charge is 0.231 e. The minimum Gasteiger partial charge on any atom is -0.493 e. The summed E-state index contributed by atoms with van der Waals surface area (Å²) in [6.45, 7) is 0.242. The number of aromatic nitrogens is 2. The van der Waals surface area contributed by atoms with Crippen LogP contribution in [0.25, 0.3) is 10.9 Å². The fraction of sp³-hybridized carbons (Fsp3) is 0.176. The van der Waals surface area contributed by atoms with Gasteiger partial charge in [0.15, 0.2) is 23.0 Å². The molecule has 0 saturated heterocycles. The molecule has 0 spiro atoms. The van der Waals surface area contributed by atoms with E-state index in [0.29, 0.717) is 28.6 Å². The van der Waals surface area contributed by atoms with Crippen LogP contribution in [0.4, 0.5) is 11.5 Å². The maximum atomic E-state index is 5.44. The number of rotatable bonds is 4. The van der Waals surface area contributed by atoms with E-state index in [1.807, 2.05) is 30.3 Å². The van der Waals surface area contributed by atoms with Crippen molar-refractivity contribution in [2.75, 3.05) is 26.3 Å². The molecule has 0 amide bonds. The van der Waals surface area contributed by atoms with Gasteiger partial charge in [0.1, 0.15) is 17.7 Å². The Morgan fingerprint density at radius 3 is 2.71 bits per heavy atom. The van der Waals surface area contributed by atoms with E-state index < -0.39 is 0 Å². The molecule has 0 bridgehead atoms. The monoisotopic (exact) mass is 325 g/mol. The van der Waals surface area contributed by atoms with Crippen molar-refractivity contribution < 1.29 is 18.9 Å². The summed E-state index contributed by atoms with van der Waals surface area (Å²) in [6.07, 6.45) is 1.49. The molecule has 2 aromatic carbocycles. The highest BCUT2D eigenvalue weighted by Crippen LogP contribution is 2.38. The predicted octanol–water partition coefficient (Wildman–Crippen LogP) is 3.12. The van der Waals surface area contributed by atoms with Gasteiger partial charge in [0.25, 0.3) is 0 Å². The number of hydrogen-bond donors (Lipinski definition) is 1. The quantitative estimate of drug-likeness (QED) is 0.790. The molecule has 0 fully saturated rings. The standard InChI is InChI=1S/C17H15N3O4/c1-21-13-6-4-11-15(16(13)22-2)18-8-19-17(11)20-10-3-5-12-14(7-10)24-9-23-12/h3-8H,9H2,1-2H3,(H,18,19,20). The molecule has 0 atom stereocenters. The van der Waals surface area contributed by atoms with Crippen molar-refractivity contribution in [3.63, 3.8) is 0 Å². The lowest BCUT2D eigenvalue weighted by atomic mass is 10.2. The third-order valence-electron chi connectivity index (χ3n) is 3.78. The van der Waals surface area contributed by atoms with Crippen LogP contribution in [0.3, 0.4) is 0 Å². The van der Waals surface area contributed by atoms with Crippen LogP contribution >= 0.6 is 0 Å². The lowest BCUT2D eigenvalue weighted by Crippen LogP contribution is -1.98. The molecule has 7 nitrogen and oxygen atoms in total. The Kier molecular flexibility index (Phi) is 3.45. The summed E-state index contributed by atoms with van der Waals surface area (Å²) < 4.78 is 21.5. The molecule has 0 saturated carbocycles. The SMILES string of the molecule is COc1ccc2c(Nc3ccc4c(c3)OCO4)ncnc2c1OC. The summed E-state index contributed by atoms with van der Waals surface area (Å²) in [5, 5.41) is 4.11. The number of methoxy groups -OCH3 is 2. The van der Waals surface area contributed by atoms with E-state index in [2.05, 4.69) is 15.3 Å². The molecular formula is C17H15N3O4. The molecule has 2 heterocycles. The number of fused-ring (bicyclic) bond motifs is 2. The Hall–Kier alpha value is -3.22. The van der Waals surface area contributed by atoms with Crippen molar-refractivity contribution in [1.29, 1.82) is 0 Å². The van der Waals surface area contributed by atoms with E-state index in [4.69, 9.17) is 18.9 Å². The maximum absolute atomic E-state index is 5.44. The Morgan fingerprint density at radius 2 is 1.88 bits per heavy atom. The highest BCUT2D eigenvalue weighted by molar-refractivity contribution is 5.95. The van der Waals surface area contributed by atoms with Gasteiger partial charge < -0.3 is 24.3 Å². The van der Waals surface area contributed by atoms with E-state index in [1.165, 1.54) is 6.33 Å². The van der Waals surface area contributed by atoms with Gasteiger partial charge in [0.2, 0.25) is 6.79 Å². The molecule has 1 aliphatic heterocycles. The Balaban J connectivity index is 1.77. The molecule has 0 aliphatic carbocycles. The van der Waals surface area contributed by atoms with Crippen molar-refractivity contribution in [2.24, 2.45) is 0 Å². The second-order valence-electron chi connectivity index (χ2n) is 5.11. The number of nitrogens with one attached hydrogen (secondary N) is 1. The van der Waals surface area contributed by atoms with Crippen LogP contribution in [0.2, 0.25) is 0 Å². The highest BCUT2D eigenvalue weighted by atomic mass is 16.7. The first-order chi connectivity index (χ1) is 11.8. The average molecular weight is 325 g/mol. The van der Waals surface area contributed by atoms with Crippen molar-refractivity contribution >= 4 is 22.4 Å². The zero-order chi connectivity index (χ0) is 16.5. The molecule has 122 valence electrons. The van der Waals surface area contributed by atoms with Crippen molar-refractivity contribution in [3.05, 3.63) is 36.7 Å². The van der Waals surface area contributed by atoms with Gasteiger partial charge >= 0.3 is 0 Å². The fourth-order valence-corrected chi connectivity index (χ4v) is 2.65. The molecule has 1 N–H and O–H groups in total. The van der Waals surface area contributed by atoms with Gasteiger partial charge in [0.05, 0.1) is 14.2 Å². The summed E-state index contributed by atoms with van der Waals surface area (Å²) in [5.41, 5.74) is 1.52. The number of benzene rings is 2. The topological polar surface area (TPSA) is 74.7 Å². The van der Waals surface area contributed by atoms with Gasteiger partial charge in [-0.1, -0.05) is 0 Å². The van der Waals surface area contributed by atoms with Crippen LogP contribution in [-0.4, -0.2) is 31.0 Å². The molecule has 7 heteroatoms. The maximum Gasteiger partial charge on any atom is 0.231 e. The first kappa shape index (κ1) is 14.4. The Morgan fingerprint density at radius 1 is 1.00 bits per heavy atom. The zero-order valence-corrected chi connectivity index (χ0v) is 13.2. The first-order valence-corrected chi connectivity index (χ1v) is 7.32. The number of hydrogen-bond acceptors (Lipinski definition) is 7. The Bertz CT molecular complexity index is 914. The molecule has 0 unspecified atom stereocenters. The number of anilines is 2. The molecule has 0 radical (unpaired) electrons. The lowest BCUT2D eigenvalue weighted by Gasteiger charge is -2.13. The third kappa shape index (κ3) is 2.30. The molecule has 24 heavy (non-hydrogen) atoms. The van der Waals surface area contributed by atoms with Crippen molar-refractivity contribution in [3.8, 4) is 23.0 Å². The van der Waals surface area contributed by atoms with Crippen LogP contribution in [0.5, 0.6) is 23.0 Å². The lowest BCUT2D eigenvalue weighted by molar-refractivity contribution is 0.174. The van der Waals surface area contributed by atoms with Gasteiger partial charge in [-0.05, 0) is 24.3 Å². The first-order valence-electron chi connectivity index (χ1n) is 7.32. The predicted molar refractivity (Wildman–Crippen MR) is 88.5 cm³/mol. The zero-order valence-electron chi connectivity index (χ0n) is 13.2. The van der Waals surface area contributed by atoms with Crippen molar-refractivity contribution in [1.82, 2.24) is 9.97 Å². The van der Waals surface area contributed by atoms with Gasteiger partial charge in [0, 0.05) is 17.1 Å². The summed E-state index contributed by atoms with van der Waals surface area (Å²) in [4.78, 5) is 8.66. The van der Waals surface area contributed by atoms with Crippen LogP contribution in [0.15, 0.2) is 36.7 Å². The van der Waals surface area contributed by atoms with Crippen LogP contribution in [0, 0.1) is 0 Å². The van der Waals surface area contributed by atoms with Gasteiger partial charge in [-0.25, -0.2) is 9.97 Å². The molecule has 1 aliphatic rings. The minimum atomic E-state index is 0.242. The molecule has 4 rings (SSSR count). The summed E-state index contributed by atoms with van der Waals surface area (Å²) in [6, 6.07) is 9.36. The second kappa shape index (κ2) is 5.77. The highest BCUT2D eigenvalue weighted by Gasteiger charge is 2.16.